The molecule has 3 aromatic heterocycles. The molecule has 218 valence electrons. The maximum Gasteiger partial charge on any atom is 0.205 e. The number of aromatic amines is 1. The summed E-state index contributed by atoms with van der Waals surface area (Å²) in [6, 6.07) is 29.2. The van der Waals surface area contributed by atoms with E-state index >= 15 is 0 Å². The molecule has 1 N–H and O–H groups in total. The highest BCUT2D eigenvalue weighted by atomic mass is 16.7. The molecular formula is C34H35N7O2. The fraction of sp³-hybridized carbons (Fsp3) is 0.265. The van der Waals surface area contributed by atoms with Gasteiger partial charge in [-0.2, -0.15) is 5.21 Å². The number of nitrogens with zero attached hydrogens (tertiary/aromatic N) is 6. The number of methoxy groups -OCH3 is 2. The number of aromatic nitrogens is 7. The Balaban J connectivity index is 1.47. The molecule has 3 aromatic carbocycles. The van der Waals surface area contributed by atoms with Crippen molar-refractivity contribution in [1.82, 2.24) is 35.2 Å². The molecule has 9 heteroatoms. The van der Waals surface area contributed by atoms with Gasteiger partial charge in [0.1, 0.15) is 17.0 Å². The molecule has 0 aliphatic heterocycles. The first-order chi connectivity index (χ1) is 21.2. The lowest BCUT2D eigenvalue weighted by Crippen LogP contribution is -2.12. The van der Waals surface area contributed by atoms with Crippen LogP contribution in [0.15, 0.2) is 84.9 Å². The maximum atomic E-state index is 5.72. The molecule has 0 saturated carbocycles. The zero-order chi connectivity index (χ0) is 29.6. The number of hydrogen-bond donors (Lipinski definition) is 1. The lowest BCUT2D eigenvalue weighted by molar-refractivity contribution is -0.108. The number of aryl methyl sites for hydroxylation is 1. The van der Waals surface area contributed by atoms with Crippen LogP contribution >= 0.6 is 0 Å². The second-order valence-corrected chi connectivity index (χ2v) is 10.5. The minimum absolute atomic E-state index is 0.552. The van der Waals surface area contributed by atoms with E-state index in [4.69, 9.17) is 19.4 Å². The molecule has 0 unspecified atom stereocenters. The molecule has 0 radical (unpaired) electrons. The van der Waals surface area contributed by atoms with Crippen LogP contribution < -0.4 is 0 Å². The number of unbranched alkanes of at least 4 members (excludes halogenated alkanes) is 1. The van der Waals surface area contributed by atoms with Gasteiger partial charge in [-0.15, -0.1) is 10.2 Å². The Bertz CT molecular complexity index is 1780. The van der Waals surface area contributed by atoms with Crippen LogP contribution in [0.1, 0.15) is 54.3 Å². The molecule has 6 rings (SSSR count). The van der Waals surface area contributed by atoms with Gasteiger partial charge in [0.2, 0.25) is 12.1 Å². The van der Waals surface area contributed by atoms with Gasteiger partial charge in [-0.05, 0) is 58.0 Å². The lowest BCUT2D eigenvalue weighted by Gasteiger charge is -2.18. The number of nitrogens with one attached hydrogen (secondary N) is 1. The van der Waals surface area contributed by atoms with Gasteiger partial charge in [0, 0.05) is 26.2 Å². The van der Waals surface area contributed by atoms with Crippen LogP contribution in [0.4, 0.5) is 0 Å². The van der Waals surface area contributed by atoms with Crippen LogP contribution in [-0.2, 0) is 28.9 Å². The number of benzene rings is 3. The van der Waals surface area contributed by atoms with Crippen molar-refractivity contribution in [3.05, 3.63) is 113 Å². The van der Waals surface area contributed by atoms with E-state index in [1.54, 1.807) is 14.2 Å². The minimum Gasteiger partial charge on any atom is -0.350 e. The van der Waals surface area contributed by atoms with E-state index in [9.17, 15) is 0 Å². The monoisotopic (exact) mass is 573 g/mol. The number of imidazole rings is 1. The predicted molar refractivity (Wildman–Crippen MR) is 166 cm³/mol. The first-order valence-electron chi connectivity index (χ1n) is 14.6. The number of tetrazole rings is 1. The number of fused-ring (bicyclic) bond motifs is 1. The second-order valence-electron chi connectivity index (χ2n) is 10.5. The number of rotatable bonds is 12. The zero-order valence-corrected chi connectivity index (χ0v) is 24.7. The predicted octanol–water partition coefficient (Wildman–Crippen LogP) is 6.55. The van der Waals surface area contributed by atoms with Crippen molar-refractivity contribution in [2.75, 3.05) is 14.2 Å². The van der Waals surface area contributed by atoms with Crippen molar-refractivity contribution in [3.8, 4) is 22.5 Å². The van der Waals surface area contributed by atoms with Crippen molar-refractivity contribution >= 4 is 11.2 Å². The molecular weight excluding hydrogens is 538 g/mol. The Morgan fingerprint density at radius 2 is 1.60 bits per heavy atom. The molecule has 0 amide bonds. The molecule has 0 saturated heterocycles. The van der Waals surface area contributed by atoms with Crippen LogP contribution in [0.3, 0.4) is 0 Å². The zero-order valence-electron chi connectivity index (χ0n) is 24.7. The highest BCUT2D eigenvalue weighted by Crippen LogP contribution is 2.32. The standard InChI is InChI=1S/C34H35N7O2/c1-4-5-16-30-35-29-21-26(19-23-12-8-6-9-13-23)31(34(42-2)43-3)36-33(29)41(30)22-24-17-18-27(25-14-10-7-11-15-25)28(20-24)32-37-39-40-38-32/h6-15,17-18,20-21,34H,4-5,16,19,22H2,1-3H3,(H,37,38,39,40). The van der Waals surface area contributed by atoms with Gasteiger partial charge >= 0.3 is 0 Å². The Morgan fingerprint density at radius 1 is 0.837 bits per heavy atom. The van der Waals surface area contributed by atoms with Crippen LogP contribution in [0.2, 0.25) is 0 Å². The molecule has 0 bridgehead atoms. The van der Waals surface area contributed by atoms with Gasteiger partial charge in [-0.1, -0.05) is 86.1 Å². The van der Waals surface area contributed by atoms with E-state index in [1.807, 2.05) is 24.3 Å². The van der Waals surface area contributed by atoms with E-state index in [-0.39, 0.29) is 0 Å². The quantitative estimate of drug-likeness (QED) is 0.166. The van der Waals surface area contributed by atoms with Crippen molar-refractivity contribution in [2.24, 2.45) is 0 Å². The van der Waals surface area contributed by atoms with Crippen LogP contribution in [0.5, 0.6) is 0 Å². The van der Waals surface area contributed by atoms with Crippen molar-refractivity contribution in [2.45, 2.75) is 45.4 Å². The van der Waals surface area contributed by atoms with Crippen molar-refractivity contribution in [1.29, 1.82) is 0 Å². The topological polar surface area (TPSA) is 104 Å². The first-order valence-corrected chi connectivity index (χ1v) is 14.6. The van der Waals surface area contributed by atoms with E-state index in [0.717, 1.165) is 69.8 Å². The SMILES string of the molecule is CCCCc1nc2cc(Cc3ccccc3)c(C(OC)OC)nc2n1Cc1ccc(-c2ccccc2)c(-c2nn[nH]n2)c1. The molecule has 0 spiro atoms. The Morgan fingerprint density at radius 3 is 2.30 bits per heavy atom. The maximum absolute atomic E-state index is 5.72. The highest BCUT2D eigenvalue weighted by molar-refractivity contribution is 5.81. The second kappa shape index (κ2) is 13.1. The van der Waals surface area contributed by atoms with Gasteiger partial charge < -0.3 is 14.0 Å². The van der Waals surface area contributed by atoms with Crippen LogP contribution in [0, 0.1) is 0 Å². The molecule has 3 heterocycles. The van der Waals surface area contributed by atoms with Gasteiger partial charge in [0.05, 0.1) is 6.54 Å². The minimum atomic E-state index is -0.597. The first kappa shape index (κ1) is 28.4. The van der Waals surface area contributed by atoms with Crippen molar-refractivity contribution < 1.29 is 9.47 Å². The van der Waals surface area contributed by atoms with Gasteiger partial charge in [-0.3, -0.25) is 0 Å². The Hall–Kier alpha value is -4.73. The van der Waals surface area contributed by atoms with E-state index < -0.39 is 6.29 Å². The lowest BCUT2D eigenvalue weighted by atomic mass is 9.97. The molecule has 9 nitrogen and oxygen atoms in total. The Kier molecular flexibility index (Phi) is 8.62. The van der Waals surface area contributed by atoms with Crippen molar-refractivity contribution in [3.63, 3.8) is 0 Å². The van der Waals surface area contributed by atoms with Gasteiger partial charge in [-0.25, -0.2) is 9.97 Å². The summed E-state index contributed by atoms with van der Waals surface area (Å²) in [4.78, 5) is 10.3. The number of pyridine rings is 1. The third-order valence-electron chi connectivity index (χ3n) is 7.65. The fourth-order valence-corrected chi connectivity index (χ4v) is 5.52. The Labute approximate surface area is 250 Å². The van der Waals surface area contributed by atoms with Gasteiger partial charge in [0.25, 0.3) is 0 Å². The van der Waals surface area contributed by atoms with Gasteiger partial charge in [0.15, 0.2) is 5.65 Å². The summed E-state index contributed by atoms with van der Waals surface area (Å²) >= 11 is 0. The summed E-state index contributed by atoms with van der Waals surface area (Å²) in [5, 5.41) is 15.0. The summed E-state index contributed by atoms with van der Waals surface area (Å²) in [5.74, 6) is 1.56. The van der Waals surface area contributed by atoms with E-state index in [2.05, 4.69) is 92.8 Å². The molecule has 43 heavy (non-hydrogen) atoms. The highest BCUT2D eigenvalue weighted by Gasteiger charge is 2.22. The van der Waals surface area contributed by atoms with Crippen LogP contribution in [0.25, 0.3) is 33.7 Å². The molecule has 0 aliphatic rings. The number of ether oxygens (including phenoxy) is 2. The van der Waals surface area contributed by atoms with E-state index in [0.29, 0.717) is 18.8 Å². The third-order valence-corrected chi connectivity index (χ3v) is 7.65. The number of hydrogen-bond acceptors (Lipinski definition) is 7. The summed E-state index contributed by atoms with van der Waals surface area (Å²) in [7, 11) is 3.29. The molecule has 6 aromatic rings. The molecule has 0 atom stereocenters. The van der Waals surface area contributed by atoms with Crippen LogP contribution in [-0.4, -0.2) is 49.4 Å². The average molecular weight is 574 g/mol. The fourth-order valence-electron chi connectivity index (χ4n) is 5.52. The smallest absolute Gasteiger partial charge is 0.205 e. The van der Waals surface area contributed by atoms with E-state index in [1.165, 1.54) is 5.56 Å². The summed E-state index contributed by atoms with van der Waals surface area (Å²) < 4.78 is 13.7. The molecule has 0 aliphatic carbocycles. The average Bonchev–Trinajstić information content (AvgIpc) is 3.70. The molecule has 0 fully saturated rings. The largest absolute Gasteiger partial charge is 0.350 e. The summed E-state index contributed by atoms with van der Waals surface area (Å²) in [5.41, 5.74) is 8.79. The third kappa shape index (κ3) is 6.09. The number of H-pyrrole nitrogens is 1. The summed E-state index contributed by atoms with van der Waals surface area (Å²) in [6.07, 6.45) is 3.07. The normalized spacial score (nSPS) is 11.5. The summed E-state index contributed by atoms with van der Waals surface area (Å²) in [6.45, 7) is 2.78.